The Bertz CT molecular complexity index is 866. The van der Waals surface area contributed by atoms with Crippen molar-refractivity contribution in [3.63, 3.8) is 0 Å². The summed E-state index contributed by atoms with van der Waals surface area (Å²) in [5, 5.41) is 6.42. The van der Waals surface area contributed by atoms with Gasteiger partial charge in [-0.3, -0.25) is 4.79 Å². The number of carbonyl (C=O) groups excluding carboxylic acids is 1. The van der Waals surface area contributed by atoms with Crippen LogP contribution in [0.5, 0.6) is 0 Å². The Balaban J connectivity index is 1.75. The molecule has 0 spiro atoms. The molecule has 3 rings (SSSR count). The van der Waals surface area contributed by atoms with E-state index in [1.807, 2.05) is 12.1 Å². The average Bonchev–Trinajstić information content (AvgIpc) is 3.01. The Morgan fingerprint density at radius 1 is 1.21 bits per heavy atom. The summed E-state index contributed by atoms with van der Waals surface area (Å²) in [6.45, 7) is 1.72. The quantitative estimate of drug-likeness (QED) is 0.708. The number of carbonyl (C=O) groups is 1. The van der Waals surface area contributed by atoms with Crippen LogP contribution in [0.4, 0.5) is 10.1 Å². The van der Waals surface area contributed by atoms with Gasteiger partial charge in [0.05, 0.1) is 17.0 Å². The van der Waals surface area contributed by atoms with Crippen molar-refractivity contribution in [1.29, 1.82) is 0 Å². The number of nitrogens with zero attached hydrogens (tertiary/aromatic N) is 2. The molecule has 0 aliphatic heterocycles. The molecule has 0 saturated carbocycles. The molecule has 0 unspecified atom stereocenters. The van der Waals surface area contributed by atoms with Gasteiger partial charge in [-0.1, -0.05) is 29.4 Å². The van der Waals surface area contributed by atoms with Crippen molar-refractivity contribution in [2.24, 2.45) is 0 Å². The molecular weight excluding hydrogens is 329 g/mol. The minimum Gasteiger partial charge on any atom is -0.340 e. The van der Waals surface area contributed by atoms with E-state index in [-0.39, 0.29) is 11.6 Å². The molecule has 122 valence electrons. The highest BCUT2D eigenvalue weighted by molar-refractivity contribution is 7.98. The van der Waals surface area contributed by atoms with Crippen LogP contribution >= 0.6 is 11.8 Å². The maximum absolute atomic E-state index is 13.7. The first-order valence-corrected chi connectivity index (χ1v) is 8.19. The van der Waals surface area contributed by atoms with Gasteiger partial charge in [0.1, 0.15) is 5.82 Å². The summed E-state index contributed by atoms with van der Waals surface area (Å²) in [7, 11) is 0. The fraction of sp³-hybridized carbons (Fsp3) is 0.118. The van der Waals surface area contributed by atoms with Crippen LogP contribution in [0.3, 0.4) is 0 Å². The third-order valence-electron chi connectivity index (χ3n) is 3.18. The van der Waals surface area contributed by atoms with Crippen LogP contribution in [0.2, 0.25) is 0 Å². The second-order valence-corrected chi connectivity index (χ2v) is 5.97. The largest absolute Gasteiger partial charge is 0.340 e. The summed E-state index contributed by atoms with van der Waals surface area (Å²) in [6, 6.07) is 13.2. The van der Waals surface area contributed by atoms with Gasteiger partial charge in [-0.15, -0.1) is 11.8 Å². The fourth-order valence-electron chi connectivity index (χ4n) is 2.07. The number of aryl methyl sites for hydroxylation is 1. The lowest BCUT2D eigenvalue weighted by Crippen LogP contribution is -2.14. The minimum absolute atomic E-state index is 0.149. The number of thioether (sulfide) groups is 1. The summed E-state index contributed by atoms with van der Waals surface area (Å²) in [5.74, 6) is 0.685. The van der Waals surface area contributed by atoms with E-state index in [0.717, 1.165) is 4.90 Å². The number of anilines is 1. The van der Waals surface area contributed by atoms with Crippen LogP contribution in [-0.2, 0) is 5.75 Å². The Hall–Kier alpha value is -2.67. The zero-order chi connectivity index (χ0) is 16.9. The molecule has 1 heterocycles. The smallest absolute Gasteiger partial charge is 0.256 e. The molecule has 7 heteroatoms. The van der Waals surface area contributed by atoms with E-state index < -0.39 is 5.82 Å². The zero-order valence-corrected chi connectivity index (χ0v) is 13.6. The highest BCUT2D eigenvalue weighted by Gasteiger charge is 2.14. The van der Waals surface area contributed by atoms with Gasteiger partial charge >= 0.3 is 0 Å². The monoisotopic (exact) mass is 343 g/mol. The topological polar surface area (TPSA) is 68.0 Å². The van der Waals surface area contributed by atoms with E-state index in [9.17, 15) is 9.18 Å². The molecule has 5 nitrogen and oxygen atoms in total. The van der Waals surface area contributed by atoms with Crippen LogP contribution in [0, 0.1) is 12.7 Å². The lowest BCUT2D eigenvalue weighted by Gasteiger charge is -2.09. The van der Waals surface area contributed by atoms with Crippen LogP contribution in [-0.4, -0.2) is 16.0 Å². The Morgan fingerprint density at radius 3 is 2.71 bits per heavy atom. The first-order chi connectivity index (χ1) is 11.6. The van der Waals surface area contributed by atoms with E-state index in [4.69, 9.17) is 4.52 Å². The summed E-state index contributed by atoms with van der Waals surface area (Å²) in [5.41, 5.74) is 0.613. The molecule has 1 N–H and O–H groups in total. The third kappa shape index (κ3) is 3.80. The van der Waals surface area contributed by atoms with Crippen LogP contribution < -0.4 is 5.32 Å². The second kappa shape index (κ2) is 7.27. The van der Waals surface area contributed by atoms with Crippen LogP contribution in [0.1, 0.15) is 22.1 Å². The Morgan fingerprint density at radius 2 is 1.96 bits per heavy atom. The molecule has 3 aromatic rings. The van der Waals surface area contributed by atoms with Crippen LogP contribution in [0.15, 0.2) is 57.9 Å². The highest BCUT2D eigenvalue weighted by atomic mass is 32.2. The van der Waals surface area contributed by atoms with E-state index in [0.29, 0.717) is 23.0 Å². The fourth-order valence-corrected chi connectivity index (χ4v) is 2.97. The number of aromatic nitrogens is 2. The van der Waals surface area contributed by atoms with Gasteiger partial charge in [-0.25, -0.2) is 4.39 Å². The number of amides is 1. The van der Waals surface area contributed by atoms with E-state index in [1.54, 1.807) is 31.2 Å². The number of rotatable bonds is 5. The number of hydrogen-bond donors (Lipinski definition) is 1. The van der Waals surface area contributed by atoms with Crippen molar-refractivity contribution in [3.8, 4) is 0 Å². The first-order valence-electron chi connectivity index (χ1n) is 7.20. The third-order valence-corrected chi connectivity index (χ3v) is 4.25. The number of para-hydroxylation sites is 1. The lowest BCUT2D eigenvalue weighted by atomic mass is 10.2. The maximum Gasteiger partial charge on any atom is 0.256 e. The van der Waals surface area contributed by atoms with Gasteiger partial charge in [0.15, 0.2) is 5.82 Å². The van der Waals surface area contributed by atoms with Gasteiger partial charge in [0.2, 0.25) is 5.89 Å². The van der Waals surface area contributed by atoms with Gasteiger partial charge in [-0.2, -0.15) is 4.98 Å². The van der Waals surface area contributed by atoms with E-state index in [1.165, 1.54) is 23.9 Å². The second-order valence-electron chi connectivity index (χ2n) is 4.95. The van der Waals surface area contributed by atoms with Gasteiger partial charge in [0, 0.05) is 11.8 Å². The summed E-state index contributed by atoms with van der Waals surface area (Å²) < 4.78 is 18.6. The highest BCUT2D eigenvalue weighted by Crippen LogP contribution is 2.26. The van der Waals surface area contributed by atoms with Gasteiger partial charge < -0.3 is 9.84 Å². The molecule has 1 aromatic heterocycles. The average molecular weight is 343 g/mol. The zero-order valence-electron chi connectivity index (χ0n) is 12.8. The van der Waals surface area contributed by atoms with Gasteiger partial charge in [0.25, 0.3) is 5.91 Å². The molecule has 0 radical (unpaired) electrons. The van der Waals surface area contributed by atoms with Crippen LogP contribution in [0.25, 0.3) is 0 Å². The van der Waals surface area contributed by atoms with Crippen molar-refractivity contribution in [1.82, 2.24) is 10.1 Å². The molecule has 0 fully saturated rings. The first kappa shape index (κ1) is 16.2. The van der Waals surface area contributed by atoms with Crippen molar-refractivity contribution in [2.75, 3.05) is 5.32 Å². The SMILES string of the molecule is Cc1nc(CSc2ccccc2C(=O)Nc2ccccc2F)no1. The maximum atomic E-state index is 13.7. The minimum atomic E-state index is -0.474. The lowest BCUT2D eigenvalue weighted by molar-refractivity contribution is 0.102. The molecule has 2 aromatic carbocycles. The Kier molecular flexibility index (Phi) is 4.90. The van der Waals surface area contributed by atoms with Gasteiger partial charge in [-0.05, 0) is 24.3 Å². The normalized spacial score (nSPS) is 10.6. The summed E-state index contributed by atoms with van der Waals surface area (Å²) in [6.07, 6.45) is 0. The molecular formula is C17H14FN3O2S. The van der Waals surface area contributed by atoms with Crippen molar-refractivity contribution in [3.05, 3.63) is 71.6 Å². The molecule has 0 atom stereocenters. The molecule has 0 saturated heterocycles. The standard InChI is InChI=1S/C17H14FN3O2S/c1-11-19-16(21-23-11)10-24-15-9-5-2-6-12(15)17(22)20-14-8-4-3-7-13(14)18/h2-9H,10H2,1H3,(H,20,22). The number of hydrogen-bond acceptors (Lipinski definition) is 5. The van der Waals surface area contributed by atoms with E-state index >= 15 is 0 Å². The number of benzene rings is 2. The van der Waals surface area contributed by atoms with E-state index in [2.05, 4.69) is 15.5 Å². The summed E-state index contributed by atoms with van der Waals surface area (Å²) in [4.78, 5) is 17.4. The molecule has 0 bridgehead atoms. The predicted molar refractivity (Wildman–Crippen MR) is 89.4 cm³/mol. The molecule has 0 aliphatic rings. The Labute approximate surface area is 142 Å². The number of halogens is 1. The number of nitrogens with one attached hydrogen (secondary N) is 1. The summed E-state index contributed by atoms with van der Waals surface area (Å²) >= 11 is 1.42. The molecule has 0 aliphatic carbocycles. The predicted octanol–water partition coefficient (Wildman–Crippen LogP) is 4.06. The van der Waals surface area contributed by atoms with Crippen molar-refractivity contribution in [2.45, 2.75) is 17.6 Å². The van der Waals surface area contributed by atoms with Crippen molar-refractivity contribution >= 4 is 23.4 Å². The van der Waals surface area contributed by atoms with Crippen molar-refractivity contribution < 1.29 is 13.7 Å². The molecule has 1 amide bonds. The molecule has 24 heavy (non-hydrogen) atoms.